The number of rotatable bonds is 4. The van der Waals surface area contributed by atoms with Crippen LogP contribution in [0.15, 0.2) is 12.3 Å². The first-order valence-electron chi connectivity index (χ1n) is 5.49. The highest BCUT2D eigenvalue weighted by molar-refractivity contribution is 5.82. The van der Waals surface area contributed by atoms with E-state index in [2.05, 4.69) is 10.1 Å². The second kappa shape index (κ2) is 6.87. The molecule has 5 heteroatoms. The number of nitrogens with zero attached hydrogens (tertiary/aromatic N) is 1. The molecule has 0 radical (unpaired) electrons. The van der Waals surface area contributed by atoms with Gasteiger partial charge in [0.25, 0.3) is 0 Å². The van der Waals surface area contributed by atoms with Gasteiger partial charge in [0.15, 0.2) is 0 Å². The minimum atomic E-state index is -0.432. The van der Waals surface area contributed by atoms with Crippen LogP contribution in [0.1, 0.15) is 19.3 Å². The summed E-state index contributed by atoms with van der Waals surface area (Å²) in [4.78, 5) is 24.2. The molecule has 1 rings (SSSR count). The van der Waals surface area contributed by atoms with Gasteiger partial charge in [-0.3, -0.25) is 4.79 Å². The lowest BCUT2D eigenvalue weighted by atomic mass is 10.1. The molecule has 1 heterocycles. The predicted octanol–water partition coefficient (Wildman–Crippen LogP) is 0.275. The van der Waals surface area contributed by atoms with Crippen LogP contribution in [-0.2, 0) is 14.3 Å². The molecular weight excluding hydrogens is 208 g/mol. The van der Waals surface area contributed by atoms with E-state index in [9.17, 15) is 9.59 Å². The van der Waals surface area contributed by atoms with Crippen molar-refractivity contribution in [3.05, 3.63) is 12.3 Å². The van der Waals surface area contributed by atoms with Crippen molar-refractivity contribution in [2.45, 2.75) is 19.3 Å². The van der Waals surface area contributed by atoms with E-state index in [0.29, 0.717) is 0 Å². The van der Waals surface area contributed by atoms with Crippen LogP contribution in [0.25, 0.3) is 0 Å². The van der Waals surface area contributed by atoms with Gasteiger partial charge in [-0.1, -0.05) is 0 Å². The number of likely N-dealkylation sites (tertiary alicyclic amines) is 1. The van der Waals surface area contributed by atoms with Crippen LogP contribution >= 0.6 is 0 Å². The normalized spacial score (nSPS) is 16.2. The highest BCUT2D eigenvalue weighted by atomic mass is 16.5. The Morgan fingerprint density at radius 1 is 1.31 bits per heavy atom. The molecule has 90 valence electrons. The fourth-order valence-corrected chi connectivity index (χ4v) is 1.60. The molecule has 0 aromatic carbocycles. The minimum absolute atomic E-state index is 0.0780. The quantitative estimate of drug-likeness (QED) is 0.552. The molecule has 0 spiro atoms. The van der Waals surface area contributed by atoms with E-state index in [1.165, 1.54) is 25.8 Å². The zero-order chi connectivity index (χ0) is 11.8. The number of piperidine rings is 1. The summed E-state index contributed by atoms with van der Waals surface area (Å²) >= 11 is 0. The van der Waals surface area contributed by atoms with Gasteiger partial charge in [0.1, 0.15) is 0 Å². The fourth-order valence-electron chi connectivity index (χ4n) is 1.60. The van der Waals surface area contributed by atoms with Crippen LogP contribution in [0.5, 0.6) is 0 Å². The molecule has 16 heavy (non-hydrogen) atoms. The van der Waals surface area contributed by atoms with Gasteiger partial charge < -0.3 is 15.0 Å². The number of amides is 1. The molecular formula is C11H18N2O3. The van der Waals surface area contributed by atoms with Crippen LogP contribution in [-0.4, -0.2) is 43.5 Å². The summed E-state index contributed by atoms with van der Waals surface area (Å²) in [5.74, 6) is -0.355. The largest absolute Gasteiger partial charge is 0.466 e. The standard InChI is InChI=1S/C11H18N2O3/c1-16-11(15)5-6-12-9-10(14)13-7-3-2-4-8-13/h5-6,12H,2-4,7-9H2,1H3/b6-5+. The van der Waals surface area contributed by atoms with E-state index >= 15 is 0 Å². The molecule has 1 N–H and O–H groups in total. The summed E-state index contributed by atoms with van der Waals surface area (Å²) in [6.45, 7) is 1.93. The first-order valence-corrected chi connectivity index (χ1v) is 5.49. The van der Waals surface area contributed by atoms with E-state index in [0.717, 1.165) is 25.9 Å². The minimum Gasteiger partial charge on any atom is -0.466 e. The third-order valence-corrected chi connectivity index (χ3v) is 2.50. The Morgan fingerprint density at radius 2 is 2.00 bits per heavy atom. The van der Waals surface area contributed by atoms with Gasteiger partial charge in [-0.05, 0) is 19.3 Å². The average molecular weight is 226 g/mol. The lowest BCUT2D eigenvalue weighted by molar-refractivity contribution is -0.135. The van der Waals surface area contributed by atoms with Crippen molar-refractivity contribution in [3.8, 4) is 0 Å². The highest BCUT2D eigenvalue weighted by Gasteiger charge is 2.14. The Hall–Kier alpha value is -1.52. The summed E-state index contributed by atoms with van der Waals surface area (Å²) in [6.07, 6.45) is 6.07. The number of carbonyl (C=O) groups excluding carboxylic acids is 2. The maximum absolute atomic E-state index is 11.6. The number of esters is 1. The number of ether oxygens (including phenoxy) is 1. The molecule has 5 nitrogen and oxygen atoms in total. The number of nitrogens with one attached hydrogen (secondary N) is 1. The highest BCUT2D eigenvalue weighted by Crippen LogP contribution is 2.07. The van der Waals surface area contributed by atoms with Crippen molar-refractivity contribution < 1.29 is 14.3 Å². The van der Waals surface area contributed by atoms with Crippen molar-refractivity contribution in [1.82, 2.24) is 10.2 Å². The Balaban J connectivity index is 2.19. The Kier molecular flexibility index (Phi) is 5.39. The molecule has 0 bridgehead atoms. The van der Waals surface area contributed by atoms with Gasteiger partial charge in [-0.15, -0.1) is 0 Å². The van der Waals surface area contributed by atoms with Crippen molar-refractivity contribution in [2.24, 2.45) is 0 Å². The number of hydrogen-bond donors (Lipinski definition) is 1. The lowest BCUT2D eigenvalue weighted by Gasteiger charge is -2.26. The second-order valence-corrected chi connectivity index (χ2v) is 3.68. The van der Waals surface area contributed by atoms with Gasteiger partial charge in [-0.25, -0.2) is 4.79 Å². The molecule has 0 saturated carbocycles. The zero-order valence-corrected chi connectivity index (χ0v) is 9.57. The molecule has 0 aliphatic carbocycles. The molecule has 0 unspecified atom stereocenters. The smallest absolute Gasteiger partial charge is 0.331 e. The summed E-state index contributed by atoms with van der Waals surface area (Å²) in [6, 6.07) is 0. The maximum atomic E-state index is 11.6. The topological polar surface area (TPSA) is 58.6 Å². The SMILES string of the molecule is COC(=O)/C=C/NCC(=O)N1CCCCC1. The van der Waals surface area contributed by atoms with E-state index in [1.807, 2.05) is 4.90 Å². The molecule has 1 amide bonds. The van der Waals surface area contributed by atoms with Crippen LogP contribution in [0.3, 0.4) is 0 Å². The molecule has 1 saturated heterocycles. The van der Waals surface area contributed by atoms with Gasteiger partial charge in [0, 0.05) is 25.4 Å². The molecule has 1 fully saturated rings. The molecule has 0 atom stereocenters. The monoisotopic (exact) mass is 226 g/mol. The van der Waals surface area contributed by atoms with Crippen LogP contribution < -0.4 is 5.32 Å². The molecule has 1 aliphatic rings. The first-order chi connectivity index (χ1) is 7.74. The van der Waals surface area contributed by atoms with Crippen molar-refractivity contribution in [1.29, 1.82) is 0 Å². The number of methoxy groups -OCH3 is 1. The number of carbonyl (C=O) groups is 2. The van der Waals surface area contributed by atoms with Gasteiger partial charge in [0.05, 0.1) is 13.7 Å². The Labute approximate surface area is 95.4 Å². The number of hydrogen-bond acceptors (Lipinski definition) is 4. The van der Waals surface area contributed by atoms with Gasteiger partial charge in [0.2, 0.25) is 5.91 Å². The van der Waals surface area contributed by atoms with Crippen molar-refractivity contribution in [2.75, 3.05) is 26.7 Å². The van der Waals surface area contributed by atoms with Gasteiger partial charge in [-0.2, -0.15) is 0 Å². The summed E-state index contributed by atoms with van der Waals surface area (Å²) in [5, 5.41) is 2.78. The second-order valence-electron chi connectivity index (χ2n) is 3.68. The van der Waals surface area contributed by atoms with E-state index in [4.69, 9.17) is 0 Å². The zero-order valence-electron chi connectivity index (χ0n) is 9.57. The van der Waals surface area contributed by atoms with Crippen molar-refractivity contribution >= 4 is 11.9 Å². The molecule has 1 aliphatic heterocycles. The molecule has 0 aromatic rings. The van der Waals surface area contributed by atoms with Crippen molar-refractivity contribution in [3.63, 3.8) is 0 Å². The van der Waals surface area contributed by atoms with E-state index < -0.39 is 5.97 Å². The van der Waals surface area contributed by atoms with E-state index in [-0.39, 0.29) is 12.5 Å². The van der Waals surface area contributed by atoms with Gasteiger partial charge >= 0.3 is 5.97 Å². The van der Waals surface area contributed by atoms with Crippen LogP contribution in [0, 0.1) is 0 Å². The Morgan fingerprint density at radius 3 is 2.62 bits per heavy atom. The molecule has 0 aromatic heterocycles. The van der Waals surface area contributed by atoms with E-state index in [1.54, 1.807) is 0 Å². The summed E-state index contributed by atoms with van der Waals surface area (Å²) in [7, 11) is 1.31. The summed E-state index contributed by atoms with van der Waals surface area (Å²) in [5.41, 5.74) is 0. The maximum Gasteiger partial charge on any atom is 0.331 e. The summed E-state index contributed by atoms with van der Waals surface area (Å²) < 4.78 is 4.41. The lowest BCUT2D eigenvalue weighted by Crippen LogP contribution is -2.40. The fraction of sp³-hybridized carbons (Fsp3) is 0.636. The third-order valence-electron chi connectivity index (χ3n) is 2.50. The van der Waals surface area contributed by atoms with Crippen LogP contribution in [0.4, 0.5) is 0 Å². The predicted molar refractivity (Wildman–Crippen MR) is 59.6 cm³/mol. The average Bonchev–Trinajstić information content (AvgIpc) is 2.35. The Bertz CT molecular complexity index is 270. The third kappa shape index (κ3) is 4.33. The van der Waals surface area contributed by atoms with Crippen LogP contribution in [0.2, 0.25) is 0 Å². The first kappa shape index (κ1) is 12.5.